The molecule has 9 heteroatoms. The molecule has 32 heavy (non-hydrogen) atoms. The summed E-state index contributed by atoms with van der Waals surface area (Å²) in [6, 6.07) is 14.3. The fourth-order valence-corrected chi connectivity index (χ4v) is 3.57. The van der Waals surface area contributed by atoms with Crippen LogP contribution >= 0.6 is 11.6 Å². The summed E-state index contributed by atoms with van der Waals surface area (Å²) in [7, 11) is 0. The molecule has 8 nitrogen and oxygen atoms in total. The van der Waals surface area contributed by atoms with Crippen molar-refractivity contribution in [3.05, 3.63) is 87.6 Å². The number of nitrogens with zero attached hydrogens (tertiary/aromatic N) is 4. The SMILES string of the molecule is CCOc1ccc(C(=O)NCCn2ncc3c(=O)n(Cc4cccc(Cl)c4)cnc32)cc1. The van der Waals surface area contributed by atoms with Crippen LogP contribution in [0.2, 0.25) is 5.02 Å². The second kappa shape index (κ2) is 9.65. The number of hydrogen-bond donors (Lipinski definition) is 1. The number of nitrogens with one attached hydrogen (secondary N) is 1. The van der Waals surface area contributed by atoms with Crippen LogP contribution in [0.4, 0.5) is 0 Å². The minimum atomic E-state index is -0.193. The summed E-state index contributed by atoms with van der Waals surface area (Å²) >= 11 is 6.03. The monoisotopic (exact) mass is 451 g/mol. The molecule has 0 unspecified atom stereocenters. The lowest BCUT2D eigenvalue weighted by atomic mass is 10.2. The summed E-state index contributed by atoms with van der Waals surface area (Å²) in [5.41, 5.74) is 1.75. The first-order chi connectivity index (χ1) is 15.5. The molecule has 0 spiro atoms. The molecule has 4 rings (SSSR count). The first-order valence-electron chi connectivity index (χ1n) is 10.2. The highest BCUT2D eigenvalue weighted by Gasteiger charge is 2.11. The van der Waals surface area contributed by atoms with Crippen LogP contribution < -0.4 is 15.6 Å². The third kappa shape index (κ3) is 4.81. The lowest BCUT2D eigenvalue weighted by Crippen LogP contribution is -2.27. The van der Waals surface area contributed by atoms with Crippen molar-refractivity contribution in [3.63, 3.8) is 0 Å². The minimum absolute atomic E-state index is 0.181. The normalized spacial score (nSPS) is 10.9. The molecule has 0 saturated carbocycles. The van der Waals surface area contributed by atoms with E-state index in [0.29, 0.717) is 47.9 Å². The van der Waals surface area contributed by atoms with Crippen molar-refractivity contribution < 1.29 is 9.53 Å². The molecule has 0 fully saturated rings. The summed E-state index contributed by atoms with van der Waals surface area (Å²) in [4.78, 5) is 29.6. The van der Waals surface area contributed by atoms with Gasteiger partial charge in [-0.05, 0) is 48.9 Å². The van der Waals surface area contributed by atoms with Crippen LogP contribution in [0.3, 0.4) is 0 Å². The predicted octanol–water partition coefficient (Wildman–Crippen LogP) is 3.12. The molecule has 0 aliphatic rings. The lowest BCUT2D eigenvalue weighted by molar-refractivity contribution is 0.0952. The number of aromatic nitrogens is 4. The number of hydrogen-bond acceptors (Lipinski definition) is 5. The average molecular weight is 452 g/mol. The third-order valence-electron chi connectivity index (χ3n) is 4.90. The number of fused-ring (bicyclic) bond motifs is 1. The molecule has 0 bridgehead atoms. The second-order valence-electron chi connectivity index (χ2n) is 7.13. The molecule has 0 radical (unpaired) electrons. The van der Waals surface area contributed by atoms with E-state index in [1.165, 1.54) is 17.1 Å². The first-order valence-corrected chi connectivity index (χ1v) is 10.6. The highest BCUT2D eigenvalue weighted by atomic mass is 35.5. The topological polar surface area (TPSA) is 91.0 Å². The van der Waals surface area contributed by atoms with Gasteiger partial charge in [0.15, 0.2) is 5.65 Å². The van der Waals surface area contributed by atoms with Crippen molar-refractivity contribution in [1.82, 2.24) is 24.6 Å². The fourth-order valence-electron chi connectivity index (χ4n) is 3.35. The van der Waals surface area contributed by atoms with E-state index in [1.807, 2.05) is 25.1 Å². The fraction of sp³-hybridized carbons (Fsp3) is 0.217. The van der Waals surface area contributed by atoms with Gasteiger partial charge in [0.1, 0.15) is 17.5 Å². The number of ether oxygens (including phenoxy) is 1. The van der Waals surface area contributed by atoms with Gasteiger partial charge in [-0.25, -0.2) is 9.67 Å². The minimum Gasteiger partial charge on any atom is -0.494 e. The zero-order valence-corrected chi connectivity index (χ0v) is 18.2. The highest BCUT2D eigenvalue weighted by Crippen LogP contribution is 2.13. The smallest absolute Gasteiger partial charge is 0.264 e. The van der Waals surface area contributed by atoms with Crippen LogP contribution in [0, 0.1) is 0 Å². The molecule has 0 atom stereocenters. The number of carbonyl (C=O) groups excluding carboxylic acids is 1. The van der Waals surface area contributed by atoms with E-state index in [-0.39, 0.29) is 11.5 Å². The van der Waals surface area contributed by atoms with Crippen LogP contribution in [0.1, 0.15) is 22.8 Å². The number of benzene rings is 2. The Labute approximate surface area is 189 Å². The van der Waals surface area contributed by atoms with Gasteiger partial charge in [-0.3, -0.25) is 14.2 Å². The molecular formula is C23H22ClN5O3. The van der Waals surface area contributed by atoms with E-state index in [4.69, 9.17) is 16.3 Å². The Morgan fingerprint density at radius 3 is 2.75 bits per heavy atom. The van der Waals surface area contributed by atoms with Crippen LogP contribution in [-0.2, 0) is 13.1 Å². The van der Waals surface area contributed by atoms with Crippen molar-refractivity contribution in [2.45, 2.75) is 20.0 Å². The average Bonchev–Trinajstić information content (AvgIpc) is 3.20. The summed E-state index contributed by atoms with van der Waals surface area (Å²) < 4.78 is 8.52. The summed E-state index contributed by atoms with van der Waals surface area (Å²) in [6.07, 6.45) is 3.01. The highest BCUT2D eigenvalue weighted by molar-refractivity contribution is 6.30. The van der Waals surface area contributed by atoms with E-state index in [2.05, 4.69) is 15.4 Å². The predicted molar refractivity (Wildman–Crippen MR) is 122 cm³/mol. The van der Waals surface area contributed by atoms with Crippen LogP contribution in [0.5, 0.6) is 5.75 Å². The van der Waals surface area contributed by atoms with E-state index in [1.54, 1.807) is 35.0 Å². The first kappa shape index (κ1) is 21.6. The van der Waals surface area contributed by atoms with Crippen molar-refractivity contribution in [2.24, 2.45) is 0 Å². The molecule has 1 N–H and O–H groups in total. The molecule has 2 aromatic heterocycles. The van der Waals surface area contributed by atoms with Gasteiger partial charge in [-0.2, -0.15) is 5.10 Å². The maximum absolute atomic E-state index is 12.8. The molecule has 164 valence electrons. The molecule has 1 amide bonds. The van der Waals surface area contributed by atoms with Gasteiger partial charge in [-0.15, -0.1) is 0 Å². The van der Waals surface area contributed by atoms with Gasteiger partial charge in [0.05, 0.1) is 25.9 Å². The molecule has 4 aromatic rings. The zero-order valence-electron chi connectivity index (χ0n) is 17.5. The molecule has 2 aromatic carbocycles. The maximum atomic E-state index is 12.8. The number of amides is 1. The molecule has 0 aliphatic carbocycles. The van der Waals surface area contributed by atoms with E-state index in [0.717, 1.165) is 11.3 Å². The van der Waals surface area contributed by atoms with Gasteiger partial charge >= 0.3 is 0 Å². The Bertz CT molecular complexity index is 1300. The van der Waals surface area contributed by atoms with Crippen LogP contribution in [-0.4, -0.2) is 38.4 Å². The van der Waals surface area contributed by atoms with Crippen LogP contribution in [0.25, 0.3) is 11.0 Å². The molecule has 0 aliphatic heterocycles. The maximum Gasteiger partial charge on any atom is 0.264 e. The Hall–Kier alpha value is -3.65. The standard InChI is InChI=1S/C23H22ClN5O3/c1-2-32-19-8-6-17(7-9-19)22(30)25-10-11-29-21-20(13-27-29)23(31)28(15-26-21)14-16-4-3-5-18(24)12-16/h3-9,12-13,15H,2,10-11,14H2,1H3,(H,25,30). The number of carbonyl (C=O) groups is 1. The molecule has 0 saturated heterocycles. The quantitative estimate of drug-likeness (QED) is 0.444. The number of rotatable bonds is 8. The Morgan fingerprint density at radius 2 is 2.00 bits per heavy atom. The van der Waals surface area contributed by atoms with Crippen molar-refractivity contribution in [2.75, 3.05) is 13.2 Å². The summed E-state index contributed by atoms with van der Waals surface area (Å²) in [5, 5.41) is 8.16. The van der Waals surface area contributed by atoms with Gasteiger partial charge in [0, 0.05) is 17.1 Å². The van der Waals surface area contributed by atoms with Crippen molar-refractivity contribution >= 4 is 28.5 Å². The Balaban J connectivity index is 1.41. The molecular weight excluding hydrogens is 430 g/mol. The van der Waals surface area contributed by atoms with Crippen LogP contribution in [0.15, 0.2) is 65.8 Å². The van der Waals surface area contributed by atoms with Gasteiger partial charge in [0.2, 0.25) is 0 Å². The zero-order chi connectivity index (χ0) is 22.5. The van der Waals surface area contributed by atoms with Gasteiger partial charge in [-0.1, -0.05) is 23.7 Å². The molecule has 2 heterocycles. The Kier molecular flexibility index (Phi) is 6.51. The third-order valence-corrected chi connectivity index (χ3v) is 5.14. The largest absolute Gasteiger partial charge is 0.494 e. The second-order valence-corrected chi connectivity index (χ2v) is 7.56. The van der Waals surface area contributed by atoms with E-state index < -0.39 is 0 Å². The van der Waals surface area contributed by atoms with E-state index >= 15 is 0 Å². The van der Waals surface area contributed by atoms with Gasteiger partial charge < -0.3 is 10.1 Å². The van der Waals surface area contributed by atoms with E-state index in [9.17, 15) is 9.59 Å². The summed E-state index contributed by atoms with van der Waals surface area (Å²) in [5.74, 6) is 0.528. The van der Waals surface area contributed by atoms with Crippen molar-refractivity contribution in [1.29, 1.82) is 0 Å². The van der Waals surface area contributed by atoms with Crippen molar-refractivity contribution in [3.8, 4) is 5.75 Å². The Morgan fingerprint density at radius 1 is 1.19 bits per heavy atom. The number of halogens is 1. The van der Waals surface area contributed by atoms with Gasteiger partial charge in [0.25, 0.3) is 11.5 Å². The lowest BCUT2D eigenvalue weighted by Gasteiger charge is -2.08. The summed E-state index contributed by atoms with van der Waals surface area (Å²) in [6.45, 7) is 3.57.